The van der Waals surface area contributed by atoms with Crippen LogP contribution in [-0.4, -0.2) is 0 Å². The van der Waals surface area contributed by atoms with Crippen LogP contribution in [-0.2, 0) is 0 Å². The van der Waals surface area contributed by atoms with E-state index in [4.69, 9.17) is 0 Å². The number of rotatable bonds is 1. The van der Waals surface area contributed by atoms with Crippen molar-refractivity contribution < 1.29 is 22.0 Å². The van der Waals surface area contributed by atoms with Crippen LogP contribution in [0.2, 0.25) is 0 Å². The van der Waals surface area contributed by atoms with Gasteiger partial charge in [0.1, 0.15) is 0 Å². The number of hydrogen-bond donors (Lipinski definition) is 0. The molecular formula is C5H6BrNS. The van der Waals surface area contributed by atoms with Gasteiger partial charge < -0.3 is 17.0 Å². The topological polar surface area (TPSA) is 14.1 Å². The van der Waals surface area contributed by atoms with Gasteiger partial charge in [-0.25, -0.2) is 4.98 Å². The number of nitrogens with one attached hydrogen (secondary N) is 1. The van der Waals surface area contributed by atoms with Gasteiger partial charge in [0, 0.05) is 0 Å². The predicted molar refractivity (Wildman–Crippen MR) is 31.0 cm³/mol. The molecule has 0 aliphatic rings. The van der Waals surface area contributed by atoms with E-state index in [0.717, 1.165) is 0 Å². The maximum atomic E-state index is 3.59. The van der Waals surface area contributed by atoms with Crippen molar-refractivity contribution in [2.75, 3.05) is 0 Å². The largest absolute Gasteiger partial charge is 1.00 e. The van der Waals surface area contributed by atoms with Crippen molar-refractivity contribution in [3.05, 3.63) is 23.2 Å². The maximum absolute atomic E-state index is 3.59. The molecule has 0 amide bonds. The zero-order valence-electron chi connectivity index (χ0n) is 4.23. The third-order valence-corrected chi connectivity index (χ3v) is 1.50. The zero-order valence-corrected chi connectivity index (χ0v) is 6.63. The minimum Gasteiger partial charge on any atom is -1.00 e. The molecule has 3 heteroatoms. The highest BCUT2D eigenvalue weighted by molar-refractivity contribution is 7.10. The molecule has 1 aromatic heterocycles. The van der Waals surface area contributed by atoms with Gasteiger partial charge in [-0.1, -0.05) is 17.9 Å². The lowest BCUT2D eigenvalue weighted by atomic mass is 10.6. The summed E-state index contributed by atoms with van der Waals surface area (Å²) >= 11 is 1.65. The summed E-state index contributed by atoms with van der Waals surface area (Å²) in [5.74, 6) is 0. The summed E-state index contributed by atoms with van der Waals surface area (Å²) in [4.78, 5) is 4.11. The molecule has 0 aromatic carbocycles. The first-order valence-electron chi connectivity index (χ1n) is 2.00. The fraction of sp³-hybridized carbons (Fsp3) is 0. The lowest BCUT2D eigenvalue weighted by molar-refractivity contribution is -0.370. The molecule has 0 radical (unpaired) electrons. The van der Waals surface area contributed by atoms with Gasteiger partial charge in [0.05, 0.1) is 4.88 Å². The molecule has 1 heterocycles. The van der Waals surface area contributed by atoms with Crippen molar-refractivity contribution in [3.8, 4) is 0 Å². The normalized spacial score (nSPS) is 7.50. The zero-order chi connectivity index (χ0) is 5.11. The SMILES string of the molecule is C=Cc1c[nH+]cs1.[Br-]. The fourth-order valence-corrected chi connectivity index (χ4v) is 0.864. The number of aromatic nitrogens is 1. The molecule has 0 aliphatic heterocycles. The standard InChI is InChI=1S/C5H5NS.BrH/c1-2-5-3-6-4-7-5;/h2-4H,1H2;1H. The lowest BCUT2D eigenvalue weighted by Gasteiger charge is -1.64. The van der Waals surface area contributed by atoms with E-state index >= 15 is 0 Å². The van der Waals surface area contributed by atoms with Crippen LogP contribution in [0, 0.1) is 0 Å². The Bertz CT molecular complexity index is 147. The van der Waals surface area contributed by atoms with Gasteiger partial charge in [0.2, 0.25) is 5.51 Å². The summed E-state index contributed by atoms with van der Waals surface area (Å²) in [7, 11) is 0. The fourth-order valence-electron chi connectivity index (χ4n) is 0.359. The van der Waals surface area contributed by atoms with Gasteiger partial charge in [-0.2, -0.15) is 0 Å². The number of hydrogen-bond acceptors (Lipinski definition) is 1. The maximum Gasteiger partial charge on any atom is 0.223 e. The Labute approximate surface area is 62.8 Å². The van der Waals surface area contributed by atoms with Crippen LogP contribution in [0.1, 0.15) is 4.88 Å². The molecule has 0 saturated carbocycles. The highest BCUT2D eigenvalue weighted by atomic mass is 79.9. The number of H-pyrrole nitrogens is 1. The first-order valence-corrected chi connectivity index (χ1v) is 2.88. The smallest absolute Gasteiger partial charge is 0.223 e. The second-order valence-corrected chi connectivity index (χ2v) is 2.10. The number of thiazole rings is 1. The average Bonchev–Trinajstić information content (AvgIpc) is 2.14. The number of aromatic amines is 1. The van der Waals surface area contributed by atoms with Crippen LogP contribution in [0.4, 0.5) is 0 Å². The van der Waals surface area contributed by atoms with Crippen molar-refractivity contribution in [1.29, 1.82) is 0 Å². The summed E-state index contributed by atoms with van der Waals surface area (Å²) < 4.78 is 0. The molecule has 44 valence electrons. The first-order chi connectivity index (χ1) is 3.43. The summed E-state index contributed by atoms with van der Waals surface area (Å²) in [6.45, 7) is 3.59. The van der Waals surface area contributed by atoms with Gasteiger partial charge in [0.15, 0.2) is 6.20 Å². The van der Waals surface area contributed by atoms with Crippen molar-refractivity contribution in [2.45, 2.75) is 0 Å². The Balaban J connectivity index is 0.000000490. The summed E-state index contributed by atoms with van der Waals surface area (Å²) in [6.07, 6.45) is 3.73. The molecule has 0 spiro atoms. The second-order valence-electron chi connectivity index (χ2n) is 1.15. The van der Waals surface area contributed by atoms with Crippen LogP contribution in [0.15, 0.2) is 18.3 Å². The molecular weight excluding hydrogens is 186 g/mol. The van der Waals surface area contributed by atoms with E-state index in [2.05, 4.69) is 11.6 Å². The van der Waals surface area contributed by atoms with E-state index in [-0.39, 0.29) is 17.0 Å². The van der Waals surface area contributed by atoms with E-state index in [1.807, 2.05) is 17.8 Å². The predicted octanol–water partition coefficient (Wildman–Crippen LogP) is -1.79. The molecule has 1 nitrogen and oxygen atoms in total. The minimum absolute atomic E-state index is 0. The quantitative estimate of drug-likeness (QED) is 0.499. The van der Waals surface area contributed by atoms with E-state index in [9.17, 15) is 0 Å². The third-order valence-electron chi connectivity index (χ3n) is 0.690. The molecule has 0 fully saturated rings. The lowest BCUT2D eigenvalue weighted by Crippen LogP contribution is -3.00. The Morgan fingerprint density at radius 1 is 1.75 bits per heavy atom. The minimum atomic E-state index is 0. The summed E-state index contributed by atoms with van der Waals surface area (Å²) in [5, 5.41) is 0. The Morgan fingerprint density at radius 3 is 2.75 bits per heavy atom. The van der Waals surface area contributed by atoms with Crippen molar-refractivity contribution >= 4 is 17.4 Å². The molecule has 0 aliphatic carbocycles. The molecule has 0 unspecified atom stereocenters. The van der Waals surface area contributed by atoms with Crippen LogP contribution < -0.4 is 22.0 Å². The molecule has 1 rings (SSSR count). The van der Waals surface area contributed by atoms with E-state index in [1.54, 1.807) is 11.3 Å². The van der Waals surface area contributed by atoms with Crippen LogP contribution in [0.25, 0.3) is 6.08 Å². The van der Waals surface area contributed by atoms with Gasteiger partial charge in [0.25, 0.3) is 0 Å². The Kier molecular flexibility index (Phi) is 3.73. The van der Waals surface area contributed by atoms with Crippen molar-refractivity contribution in [1.82, 2.24) is 0 Å². The average molecular weight is 192 g/mol. The highest BCUT2D eigenvalue weighted by Gasteiger charge is 1.87. The molecule has 1 aromatic rings. The van der Waals surface area contributed by atoms with Gasteiger partial charge >= 0.3 is 0 Å². The summed E-state index contributed by atoms with van der Waals surface area (Å²) in [5.41, 5.74) is 1.91. The first kappa shape index (κ1) is 7.85. The van der Waals surface area contributed by atoms with Crippen molar-refractivity contribution in [3.63, 3.8) is 0 Å². The van der Waals surface area contributed by atoms with E-state index in [1.165, 1.54) is 4.88 Å². The van der Waals surface area contributed by atoms with Gasteiger partial charge in [-0.3, -0.25) is 0 Å². The van der Waals surface area contributed by atoms with Crippen LogP contribution >= 0.6 is 11.3 Å². The molecule has 0 saturated heterocycles. The van der Waals surface area contributed by atoms with Crippen LogP contribution in [0.3, 0.4) is 0 Å². The molecule has 0 bridgehead atoms. The highest BCUT2D eigenvalue weighted by Crippen LogP contribution is 2.01. The molecule has 0 atom stereocenters. The Morgan fingerprint density at radius 2 is 2.50 bits per heavy atom. The molecule has 8 heavy (non-hydrogen) atoms. The van der Waals surface area contributed by atoms with E-state index in [0.29, 0.717) is 0 Å². The molecule has 1 N–H and O–H groups in total. The summed E-state index contributed by atoms with van der Waals surface area (Å²) in [6, 6.07) is 0. The van der Waals surface area contributed by atoms with Gasteiger partial charge in [-0.15, -0.1) is 0 Å². The van der Waals surface area contributed by atoms with Gasteiger partial charge in [-0.05, 0) is 6.08 Å². The van der Waals surface area contributed by atoms with Crippen molar-refractivity contribution in [2.24, 2.45) is 0 Å². The Hall–Kier alpha value is -0.150. The monoisotopic (exact) mass is 191 g/mol. The van der Waals surface area contributed by atoms with E-state index < -0.39 is 0 Å². The number of halogens is 1. The second kappa shape index (κ2) is 3.80. The third kappa shape index (κ3) is 1.76. The van der Waals surface area contributed by atoms with Crippen LogP contribution in [0.5, 0.6) is 0 Å².